The molecule has 2 aliphatic rings. The maximum atomic E-state index is 12.8. The summed E-state index contributed by atoms with van der Waals surface area (Å²) in [7, 11) is 2.18. The lowest BCUT2D eigenvalue weighted by atomic mass is 9.94. The number of carbonyl (C=O) groups is 1. The van der Waals surface area contributed by atoms with Crippen LogP contribution >= 0.6 is 11.8 Å². The zero-order valence-electron chi connectivity index (χ0n) is 18.9. The number of hydrogen-bond donors (Lipinski definition) is 1. The van der Waals surface area contributed by atoms with Gasteiger partial charge in [-0.15, -0.1) is 0 Å². The van der Waals surface area contributed by atoms with Crippen molar-refractivity contribution < 1.29 is 4.79 Å². The average molecular weight is 436 g/mol. The maximum absolute atomic E-state index is 12.8. The fourth-order valence-electron chi connectivity index (χ4n) is 4.54. The highest BCUT2D eigenvalue weighted by atomic mass is 32.2. The zero-order valence-corrected chi connectivity index (χ0v) is 19.7. The molecule has 1 saturated carbocycles. The van der Waals surface area contributed by atoms with Crippen molar-refractivity contribution in [2.24, 2.45) is 4.99 Å². The topological polar surface area (TPSA) is 44.7 Å². The summed E-state index contributed by atoms with van der Waals surface area (Å²) in [6.07, 6.45) is 7.46. The highest BCUT2D eigenvalue weighted by Crippen LogP contribution is 2.41. The van der Waals surface area contributed by atoms with E-state index < -0.39 is 0 Å². The number of likely N-dealkylation sites (N-methyl/N-ethyl adjacent to an activating group) is 1. The second-order valence-electron chi connectivity index (χ2n) is 8.72. The summed E-state index contributed by atoms with van der Waals surface area (Å²) in [6.45, 7) is 5.82. The predicted octanol–water partition coefficient (Wildman–Crippen LogP) is 5.98. The molecule has 1 aliphatic heterocycles. The number of amides is 1. The van der Waals surface area contributed by atoms with Gasteiger partial charge >= 0.3 is 0 Å². The highest BCUT2D eigenvalue weighted by Gasteiger charge is 2.20. The van der Waals surface area contributed by atoms with Gasteiger partial charge in [-0.1, -0.05) is 49.6 Å². The SMILES string of the molecule is CCC1=Nc2cc(C(=O)NCCN(C)C3CCCCC3)ccc2Sc2ccc(C)cc21. The van der Waals surface area contributed by atoms with E-state index in [2.05, 4.69) is 49.3 Å². The van der Waals surface area contributed by atoms with E-state index in [9.17, 15) is 4.79 Å². The average Bonchev–Trinajstić information content (AvgIpc) is 2.95. The Morgan fingerprint density at radius 1 is 1.13 bits per heavy atom. The van der Waals surface area contributed by atoms with Gasteiger partial charge in [-0.25, -0.2) is 0 Å². The van der Waals surface area contributed by atoms with E-state index in [0.29, 0.717) is 18.2 Å². The van der Waals surface area contributed by atoms with Gasteiger partial charge < -0.3 is 10.2 Å². The van der Waals surface area contributed by atoms with Crippen molar-refractivity contribution in [2.45, 2.75) is 68.2 Å². The number of nitrogens with one attached hydrogen (secondary N) is 1. The maximum Gasteiger partial charge on any atom is 0.251 e. The van der Waals surface area contributed by atoms with Crippen molar-refractivity contribution in [3.8, 4) is 0 Å². The first kappa shape index (κ1) is 22.1. The number of hydrogen-bond acceptors (Lipinski definition) is 4. The van der Waals surface area contributed by atoms with Gasteiger partial charge in [0.05, 0.1) is 5.69 Å². The summed E-state index contributed by atoms with van der Waals surface area (Å²) in [5.41, 5.74) is 5.10. The Morgan fingerprint density at radius 3 is 2.68 bits per heavy atom. The van der Waals surface area contributed by atoms with Crippen LogP contribution < -0.4 is 5.32 Å². The number of aryl methyl sites for hydroxylation is 1. The molecular formula is C26H33N3OS. The van der Waals surface area contributed by atoms with Crippen LogP contribution in [0.3, 0.4) is 0 Å². The number of benzene rings is 2. The molecule has 5 heteroatoms. The van der Waals surface area contributed by atoms with E-state index in [1.807, 2.05) is 18.2 Å². The number of fused-ring (bicyclic) bond motifs is 2. The molecule has 4 rings (SSSR count). The molecule has 31 heavy (non-hydrogen) atoms. The molecule has 4 nitrogen and oxygen atoms in total. The largest absolute Gasteiger partial charge is 0.351 e. The van der Waals surface area contributed by atoms with Crippen LogP contribution in [0, 0.1) is 6.92 Å². The van der Waals surface area contributed by atoms with Gasteiger partial charge in [0.1, 0.15) is 0 Å². The fourth-order valence-corrected chi connectivity index (χ4v) is 5.54. The van der Waals surface area contributed by atoms with Gasteiger partial charge in [-0.2, -0.15) is 0 Å². The summed E-state index contributed by atoms with van der Waals surface area (Å²) in [5.74, 6) is -0.0179. The van der Waals surface area contributed by atoms with Crippen LogP contribution in [0.5, 0.6) is 0 Å². The van der Waals surface area contributed by atoms with E-state index in [1.54, 1.807) is 11.8 Å². The van der Waals surface area contributed by atoms with E-state index in [1.165, 1.54) is 48.1 Å². The Morgan fingerprint density at radius 2 is 1.90 bits per heavy atom. The first-order valence-corrected chi connectivity index (χ1v) is 12.4. The molecule has 2 aromatic rings. The Labute approximate surface area is 190 Å². The molecule has 1 aliphatic carbocycles. The minimum atomic E-state index is -0.0179. The van der Waals surface area contributed by atoms with Gasteiger partial charge in [0.15, 0.2) is 0 Å². The van der Waals surface area contributed by atoms with Crippen LogP contribution in [0.1, 0.15) is 66.9 Å². The van der Waals surface area contributed by atoms with Crippen molar-refractivity contribution in [3.63, 3.8) is 0 Å². The Hall–Kier alpha value is -2.11. The molecule has 0 bridgehead atoms. The predicted molar refractivity (Wildman–Crippen MR) is 130 cm³/mol. The lowest BCUT2D eigenvalue weighted by molar-refractivity contribution is 0.0944. The van der Waals surface area contributed by atoms with Gasteiger partial charge in [0.2, 0.25) is 0 Å². The van der Waals surface area contributed by atoms with E-state index in [-0.39, 0.29) is 5.91 Å². The van der Waals surface area contributed by atoms with E-state index in [4.69, 9.17) is 4.99 Å². The van der Waals surface area contributed by atoms with Crippen LogP contribution in [0.2, 0.25) is 0 Å². The number of carbonyl (C=O) groups excluding carboxylic acids is 1. The summed E-state index contributed by atoms with van der Waals surface area (Å²) < 4.78 is 0. The van der Waals surface area contributed by atoms with Crippen LogP contribution in [-0.4, -0.2) is 42.7 Å². The van der Waals surface area contributed by atoms with Crippen LogP contribution in [0.15, 0.2) is 51.2 Å². The molecule has 2 aromatic carbocycles. The molecule has 1 N–H and O–H groups in total. The molecule has 0 spiro atoms. The third-order valence-corrected chi connectivity index (χ3v) is 7.57. The third kappa shape index (κ3) is 5.21. The molecule has 0 saturated heterocycles. The lowest BCUT2D eigenvalue weighted by Gasteiger charge is -2.31. The fraction of sp³-hybridized carbons (Fsp3) is 0.462. The molecule has 0 aromatic heterocycles. The van der Waals surface area contributed by atoms with Crippen molar-refractivity contribution in [2.75, 3.05) is 20.1 Å². The molecule has 1 amide bonds. The van der Waals surface area contributed by atoms with E-state index in [0.717, 1.165) is 29.3 Å². The van der Waals surface area contributed by atoms with Crippen molar-refractivity contribution in [1.82, 2.24) is 10.2 Å². The van der Waals surface area contributed by atoms with Crippen molar-refractivity contribution in [3.05, 3.63) is 53.1 Å². The summed E-state index contributed by atoms with van der Waals surface area (Å²) in [4.78, 5) is 22.5. The molecule has 0 atom stereocenters. The number of rotatable bonds is 6. The first-order chi connectivity index (χ1) is 15.0. The van der Waals surface area contributed by atoms with E-state index >= 15 is 0 Å². The Bertz CT molecular complexity index is 979. The third-order valence-electron chi connectivity index (χ3n) is 6.43. The molecule has 164 valence electrons. The summed E-state index contributed by atoms with van der Waals surface area (Å²) in [6, 6.07) is 13.1. The quantitative estimate of drug-likeness (QED) is 0.607. The van der Waals surface area contributed by atoms with Gasteiger partial charge in [-0.05, 0) is 63.6 Å². The summed E-state index contributed by atoms with van der Waals surface area (Å²) >= 11 is 1.74. The van der Waals surface area contributed by atoms with Crippen molar-refractivity contribution >= 4 is 29.1 Å². The molecule has 1 heterocycles. The smallest absolute Gasteiger partial charge is 0.251 e. The lowest BCUT2D eigenvalue weighted by Crippen LogP contribution is -2.39. The monoisotopic (exact) mass is 435 g/mol. The second-order valence-corrected chi connectivity index (χ2v) is 9.81. The normalized spacial score (nSPS) is 16.3. The van der Waals surface area contributed by atoms with Crippen molar-refractivity contribution in [1.29, 1.82) is 0 Å². The van der Waals surface area contributed by atoms with Gasteiger partial charge in [-0.3, -0.25) is 9.79 Å². The van der Waals surface area contributed by atoms with Gasteiger partial charge in [0, 0.05) is 45.8 Å². The molecule has 0 unspecified atom stereocenters. The van der Waals surface area contributed by atoms with Crippen LogP contribution in [-0.2, 0) is 0 Å². The second kappa shape index (κ2) is 10.0. The summed E-state index contributed by atoms with van der Waals surface area (Å²) in [5, 5.41) is 3.11. The van der Waals surface area contributed by atoms with Crippen LogP contribution in [0.4, 0.5) is 5.69 Å². The minimum absolute atomic E-state index is 0.0179. The first-order valence-electron chi connectivity index (χ1n) is 11.5. The Kier molecular flexibility index (Phi) is 7.13. The molecular weight excluding hydrogens is 402 g/mol. The van der Waals surface area contributed by atoms with Crippen LogP contribution in [0.25, 0.3) is 0 Å². The molecule has 1 fully saturated rings. The Balaban J connectivity index is 1.45. The number of nitrogens with zero attached hydrogens (tertiary/aromatic N) is 2. The zero-order chi connectivity index (χ0) is 21.8. The highest BCUT2D eigenvalue weighted by molar-refractivity contribution is 7.99. The minimum Gasteiger partial charge on any atom is -0.351 e. The molecule has 0 radical (unpaired) electrons. The van der Waals surface area contributed by atoms with Gasteiger partial charge in [0.25, 0.3) is 5.91 Å². The number of aliphatic imine (C=N–C) groups is 1. The standard InChI is InChI=1S/C26H33N3OS/c1-4-22-21-16-18(2)10-12-24(21)31-25-13-11-19(17-23(25)28-22)26(30)27-14-15-29(3)20-8-6-5-7-9-20/h10-13,16-17,20H,4-9,14-15H2,1-3H3,(H,27,30).